The van der Waals surface area contributed by atoms with Gasteiger partial charge >= 0.3 is 0 Å². The molecular formula is C27H27F2N3O. The predicted octanol–water partition coefficient (Wildman–Crippen LogP) is 5.88. The van der Waals surface area contributed by atoms with Crippen molar-refractivity contribution in [3.05, 3.63) is 76.1 Å². The predicted molar refractivity (Wildman–Crippen MR) is 128 cm³/mol. The minimum Gasteiger partial charge on any atom is -0.359 e. The summed E-state index contributed by atoms with van der Waals surface area (Å²) in [5, 5.41) is 2.88. The number of aromatic amines is 1. The van der Waals surface area contributed by atoms with E-state index in [1.54, 1.807) is 18.2 Å². The summed E-state index contributed by atoms with van der Waals surface area (Å²) in [4.78, 5) is 18.8. The number of aryl methyl sites for hydroxylation is 1. The Morgan fingerprint density at radius 2 is 1.73 bits per heavy atom. The molecule has 2 aliphatic heterocycles. The van der Waals surface area contributed by atoms with Crippen molar-refractivity contribution in [3.63, 3.8) is 0 Å². The summed E-state index contributed by atoms with van der Waals surface area (Å²) in [6.07, 6.45) is 4.07. The number of H-pyrrole nitrogens is 1. The molecule has 1 aromatic heterocycles. The Kier molecular flexibility index (Phi) is 5.41. The van der Waals surface area contributed by atoms with Gasteiger partial charge < -0.3 is 15.2 Å². The highest BCUT2D eigenvalue weighted by Crippen LogP contribution is 2.42. The average molecular weight is 448 g/mol. The van der Waals surface area contributed by atoms with Crippen molar-refractivity contribution in [1.82, 2.24) is 9.88 Å². The lowest BCUT2D eigenvalue weighted by Gasteiger charge is -2.29. The first-order valence-electron chi connectivity index (χ1n) is 11.3. The zero-order chi connectivity index (χ0) is 23.3. The van der Waals surface area contributed by atoms with E-state index in [4.69, 9.17) is 0 Å². The second kappa shape index (κ2) is 8.27. The second-order valence-corrected chi connectivity index (χ2v) is 9.12. The van der Waals surface area contributed by atoms with E-state index >= 15 is 0 Å². The van der Waals surface area contributed by atoms with E-state index in [9.17, 15) is 13.6 Å². The molecule has 1 fully saturated rings. The average Bonchev–Trinajstić information content (AvgIpc) is 3.26. The number of rotatable bonds is 3. The Bertz CT molecular complexity index is 1280. The minimum atomic E-state index is -0.916. The van der Waals surface area contributed by atoms with E-state index in [1.807, 2.05) is 6.08 Å². The largest absolute Gasteiger partial charge is 0.359 e. The highest BCUT2D eigenvalue weighted by Gasteiger charge is 2.30. The number of nitrogens with one attached hydrogen (secondary N) is 2. The molecule has 0 aliphatic carbocycles. The van der Waals surface area contributed by atoms with Crippen LogP contribution in [0.4, 0.5) is 14.5 Å². The number of aromatic nitrogens is 1. The zero-order valence-electron chi connectivity index (χ0n) is 19.1. The first-order chi connectivity index (χ1) is 15.8. The summed E-state index contributed by atoms with van der Waals surface area (Å²) in [7, 11) is 2.15. The molecule has 3 heterocycles. The van der Waals surface area contributed by atoms with Gasteiger partial charge in [-0.25, -0.2) is 8.78 Å². The summed E-state index contributed by atoms with van der Waals surface area (Å²) < 4.78 is 28.6. The molecule has 2 aromatic carbocycles. The van der Waals surface area contributed by atoms with Gasteiger partial charge in [-0.1, -0.05) is 24.3 Å². The Hall–Kier alpha value is -3.25. The Morgan fingerprint density at radius 3 is 2.48 bits per heavy atom. The zero-order valence-corrected chi connectivity index (χ0v) is 19.1. The molecule has 0 unspecified atom stereocenters. The summed E-state index contributed by atoms with van der Waals surface area (Å²) >= 11 is 0. The third-order valence-corrected chi connectivity index (χ3v) is 7.02. The number of benzene rings is 2. The fraction of sp³-hybridized carbons (Fsp3) is 0.296. The van der Waals surface area contributed by atoms with Crippen LogP contribution in [0, 0.1) is 25.5 Å². The third-order valence-electron chi connectivity index (χ3n) is 7.02. The standard InChI is InChI=1S/C27H27F2N3O/c1-15-23(30-16(2)24(15)17-10-12-32(3)13-11-17)14-20-25-18(6-5-9-22(25)31-27(20)33)19-7-4-8-21(28)26(19)29/h4-9,14,17,30H,10-13H2,1-3H3,(H,31,33)/b20-14-. The van der Waals surface area contributed by atoms with Crippen molar-refractivity contribution in [1.29, 1.82) is 0 Å². The highest BCUT2D eigenvalue weighted by atomic mass is 19.2. The van der Waals surface area contributed by atoms with Crippen LogP contribution in [-0.2, 0) is 4.79 Å². The highest BCUT2D eigenvalue weighted by molar-refractivity contribution is 6.36. The van der Waals surface area contributed by atoms with E-state index in [-0.39, 0.29) is 11.5 Å². The number of halogens is 2. The van der Waals surface area contributed by atoms with Gasteiger partial charge in [-0.3, -0.25) is 4.79 Å². The number of piperidine rings is 1. The minimum absolute atomic E-state index is 0.139. The van der Waals surface area contributed by atoms with Crippen LogP contribution < -0.4 is 5.32 Å². The smallest absolute Gasteiger partial charge is 0.256 e. The van der Waals surface area contributed by atoms with E-state index in [1.165, 1.54) is 17.7 Å². The van der Waals surface area contributed by atoms with Gasteiger partial charge in [0, 0.05) is 28.2 Å². The Balaban J connectivity index is 1.61. The van der Waals surface area contributed by atoms with E-state index in [2.05, 4.69) is 36.1 Å². The van der Waals surface area contributed by atoms with Crippen molar-refractivity contribution in [3.8, 4) is 11.1 Å². The molecule has 2 N–H and O–H groups in total. The van der Waals surface area contributed by atoms with Crippen LogP contribution in [0.3, 0.4) is 0 Å². The quantitative estimate of drug-likeness (QED) is 0.493. The van der Waals surface area contributed by atoms with E-state index in [0.717, 1.165) is 48.9 Å². The van der Waals surface area contributed by atoms with Crippen LogP contribution in [0.15, 0.2) is 36.4 Å². The summed E-state index contributed by atoms with van der Waals surface area (Å²) in [5.41, 5.74) is 6.76. The maximum absolute atomic E-state index is 14.7. The summed E-state index contributed by atoms with van der Waals surface area (Å²) in [6, 6.07) is 9.36. The molecule has 0 bridgehead atoms. The number of hydrogen-bond acceptors (Lipinski definition) is 2. The molecule has 33 heavy (non-hydrogen) atoms. The maximum atomic E-state index is 14.7. The van der Waals surface area contributed by atoms with Gasteiger partial charge in [-0.2, -0.15) is 0 Å². The number of carbonyl (C=O) groups is 1. The molecule has 0 atom stereocenters. The molecule has 1 amide bonds. The molecule has 0 radical (unpaired) electrons. The Labute approximate surface area is 192 Å². The fourth-order valence-corrected chi connectivity index (χ4v) is 5.31. The van der Waals surface area contributed by atoms with Crippen LogP contribution >= 0.6 is 0 Å². The topological polar surface area (TPSA) is 48.1 Å². The van der Waals surface area contributed by atoms with Gasteiger partial charge in [0.25, 0.3) is 5.91 Å². The SMILES string of the molecule is Cc1[nH]c(/C=C2\C(=O)Nc3cccc(-c4cccc(F)c4F)c32)c(C)c1C1CCN(C)CC1. The lowest BCUT2D eigenvalue weighted by atomic mass is 9.87. The third kappa shape index (κ3) is 3.68. The monoisotopic (exact) mass is 447 g/mol. The van der Waals surface area contributed by atoms with Gasteiger partial charge in [0.1, 0.15) is 0 Å². The molecule has 0 spiro atoms. The molecule has 6 heteroatoms. The van der Waals surface area contributed by atoms with Crippen LogP contribution in [0.5, 0.6) is 0 Å². The van der Waals surface area contributed by atoms with Crippen molar-refractivity contribution < 1.29 is 13.6 Å². The van der Waals surface area contributed by atoms with Crippen molar-refractivity contribution in [2.24, 2.45) is 0 Å². The van der Waals surface area contributed by atoms with Crippen molar-refractivity contribution in [2.75, 3.05) is 25.5 Å². The molecule has 0 saturated carbocycles. The molecule has 3 aromatic rings. The lowest BCUT2D eigenvalue weighted by Crippen LogP contribution is -2.29. The summed E-state index contributed by atoms with van der Waals surface area (Å²) in [5.74, 6) is -1.58. The van der Waals surface area contributed by atoms with Crippen LogP contribution in [0.2, 0.25) is 0 Å². The number of fused-ring (bicyclic) bond motifs is 1. The van der Waals surface area contributed by atoms with Gasteiger partial charge in [0.05, 0.1) is 5.57 Å². The molecule has 170 valence electrons. The van der Waals surface area contributed by atoms with Crippen LogP contribution in [0.1, 0.15) is 46.8 Å². The number of likely N-dealkylation sites (tertiary alicyclic amines) is 1. The number of anilines is 1. The molecule has 2 aliphatic rings. The van der Waals surface area contributed by atoms with Gasteiger partial charge in [0.2, 0.25) is 0 Å². The van der Waals surface area contributed by atoms with Gasteiger partial charge in [-0.15, -0.1) is 0 Å². The number of amides is 1. The number of carbonyl (C=O) groups excluding carboxylic acids is 1. The molecule has 1 saturated heterocycles. The Morgan fingerprint density at radius 1 is 1.03 bits per heavy atom. The first-order valence-corrected chi connectivity index (χ1v) is 11.3. The number of nitrogens with zero attached hydrogens (tertiary/aromatic N) is 1. The van der Waals surface area contributed by atoms with E-state index in [0.29, 0.717) is 28.3 Å². The molecule has 5 rings (SSSR count). The first kappa shape index (κ1) is 21.6. The van der Waals surface area contributed by atoms with Crippen LogP contribution in [0.25, 0.3) is 22.8 Å². The maximum Gasteiger partial charge on any atom is 0.256 e. The number of hydrogen-bond donors (Lipinski definition) is 2. The van der Waals surface area contributed by atoms with Crippen molar-refractivity contribution in [2.45, 2.75) is 32.6 Å². The van der Waals surface area contributed by atoms with E-state index < -0.39 is 11.6 Å². The molecular weight excluding hydrogens is 420 g/mol. The van der Waals surface area contributed by atoms with Crippen molar-refractivity contribution >= 4 is 23.2 Å². The molecule has 4 nitrogen and oxygen atoms in total. The second-order valence-electron chi connectivity index (χ2n) is 9.12. The van der Waals surface area contributed by atoms with Crippen LogP contribution in [-0.4, -0.2) is 35.9 Å². The van der Waals surface area contributed by atoms with Gasteiger partial charge in [0.15, 0.2) is 11.6 Å². The lowest BCUT2D eigenvalue weighted by molar-refractivity contribution is -0.110. The summed E-state index contributed by atoms with van der Waals surface area (Å²) in [6.45, 7) is 6.32. The normalized spacial score (nSPS) is 18.1. The fourth-order valence-electron chi connectivity index (χ4n) is 5.31. The van der Waals surface area contributed by atoms with Gasteiger partial charge in [-0.05, 0) is 87.6 Å².